The summed E-state index contributed by atoms with van der Waals surface area (Å²) in [5.74, 6) is 0.607. The molecule has 6 nitrogen and oxygen atoms in total. The molecule has 1 aromatic heterocycles. The van der Waals surface area contributed by atoms with E-state index in [0.717, 1.165) is 16.6 Å². The number of amides is 2. The van der Waals surface area contributed by atoms with Crippen molar-refractivity contribution >= 4 is 34.4 Å². The number of fused-ring (bicyclic) bond motifs is 1. The molecule has 7 heteroatoms. The molecule has 1 saturated heterocycles. The third kappa shape index (κ3) is 3.95. The fourth-order valence-electron chi connectivity index (χ4n) is 3.40. The average molecular weight is 383 g/mol. The van der Waals surface area contributed by atoms with Gasteiger partial charge in [-0.3, -0.25) is 9.59 Å². The molecular formula is C20H19ClN4O2. The summed E-state index contributed by atoms with van der Waals surface area (Å²) in [4.78, 5) is 33.7. The van der Waals surface area contributed by atoms with Crippen LogP contribution in [0.15, 0.2) is 48.5 Å². The van der Waals surface area contributed by atoms with E-state index >= 15 is 0 Å². The molecule has 1 fully saturated rings. The number of benzene rings is 2. The molecule has 0 radical (unpaired) electrons. The topological polar surface area (TPSA) is 78.1 Å². The van der Waals surface area contributed by atoms with Gasteiger partial charge in [0.05, 0.1) is 24.1 Å². The average Bonchev–Trinajstić information content (AvgIpc) is 3.23. The van der Waals surface area contributed by atoms with E-state index in [1.54, 1.807) is 17.0 Å². The molecule has 2 N–H and O–H groups in total. The van der Waals surface area contributed by atoms with Crippen molar-refractivity contribution in [3.63, 3.8) is 0 Å². The maximum atomic E-state index is 12.3. The van der Waals surface area contributed by atoms with Gasteiger partial charge >= 0.3 is 0 Å². The number of hydrogen-bond acceptors (Lipinski definition) is 3. The van der Waals surface area contributed by atoms with Crippen molar-refractivity contribution in [3.8, 4) is 0 Å². The van der Waals surface area contributed by atoms with Crippen molar-refractivity contribution < 1.29 is 9.59 Å². The van der Waals surface area contributed by atoms with E-state index in [2.05, 4.69) is 15.3 Å². The molecular weight excluding hydrogens is 364 g/mol. The van der Waals surface area contributed by atoms with Gasteiger partial charge in [0.1, 0.15) is 5.82 Å². The number of hydrogen-bond donors (Lipinski definition) is 2. The van der Waals surface area contributed by atoms with Crippen LogP contribution in [0.1, 0.15) is 23.7 Å². The summed E-state index contributed by atoms with van der Waals surface area (Å²) in [5, 5.41) is 3.44. The van der Waals surface area contributed by atoms with Crippen LogP contribution in [0.25, 0.3) is 11.0 Å². The third-order valence-electron chi connectivity index (χ3n) is 4.77. The van der Waals surface area contributed by atoms with E-state index < -0.39 is 0 Å². The number of likely N-dealkylation sites (tertiary alicyclic amines) is 1. The first-order chi connectivity index (χ1) is 13.1. The largest absolute Gasteiger partial charge is 0.347 e. The number of H-pyrrole nitrogens is 1. The maximum absolute atomic E-state index is 12.3. The Morgan fingerprint density at radius 2 is 2.07 bits per heavy atom. The van der Waals surface area contributed by atoms with Crippen LogP contribution in [0.5, 0.6) is 0 Å². The number of carbonyl (C=O) groups excluding carboxylic acids is 2. The van der Waals surface area contributed by atoms with Gasteiger partial charge in [0, 0.05) is 23.9 Å². The Labute approximate surface area is 161 Å². The monoisotopic (exact) mass is 382 g/mol. The molecule has 0 unspecified atom stereocenters. The second-order valence-corrected chi connectivity index (χ2v) is 7.14. The number of aromatic nitrogens is 2. The summed E-state index contributed by atoms with van der Waals surface area (Å²) in [7, 11) is 0. The lowest BCUT2D eigenvalue weighted by molar-refractivity contribution is -0.133. The Bertz CT molecular complexity index is 986. The Balaban J connectivity index is 1.33. The zero-order valence-corrected chi connectivity index (χ0v) is 15.4. The van der Waals surface area contributed by atoms with Gasteiger partial charge in [0.25, 0.3) is 0 Å². The first kappa shape index (κ1) is 17.5. The van der Waals surface area contributed by atoms with Crippen molar-refractivity contribution in [2.45, 2.75) is 18.9 Å². The van der Waals surface area contributed by atoms with Gasteiger partial charge in [-0.1, -0.05) is 41.9 Å². The highest BCUT2D eigenvalue weighted by molar-refractivity contribution is 6.31. The first-order valence-corrected chi connectivity index (χ1v) is 9.20. The fourth-order valence-corrected chi connectivity index (χ4v) is 3.58. The van der Waals surface area contributed by atoms with Crippen molar-refractivity contribution in [1.29, 1.82) is 0 Å². The van der Waals surface area contributed by atoms with Crippen LogP contribution in [0, 0.1) is 0 Å². The Morgan fingerprint density at radius 3 is 2.89 bits per heavy atom. The summed E-state index contributed by atoms with van der Waals surface area (Å²) in [6, 6.07) is 15.3. The summed E-state index contributed by atoms with van der Waals surface area (Å²) < 4.78 is 0. The SMILES string of the molecule is O=C(CN1C[C@@H](c2ccccc2)CC1=O)NCc1nc2ccc(Cl)cc2[nH]1. The summed E-state index contributed by atoms with van der Waals surface area (Å²) in [5.41, 5.74) is 2.76. The van der Waals surface area contributed by atoms with Crippen molar-refractivity contribution in [3.05, 3.63) is 64.9 Å². The van der Waals surface area contributed by atoms with E-state index in [4.69, 9.17) is 11.6 Å². The van der Waals surface area contributed by atoms with E-state index in [1.807, 2.05) is 36.4 Å². The van der Waals surface area contributed by atoms with Gasteiger partial charge in [-0.2, -0.15) is 0 Å². The number of nitrogens with one attached hydrogen (secondary N) is 2. The lowest BCUT2D eigenvalue weighted by Crippen LogP contribution is -2.37. The highest BCUT2D eigenvalue weighted by atomic mass is 35.5. The number of halogens is 1. The second-order valence-electron chi connectivity index (χ2n) is 6.71. The minimum absolute atomic E-state index is 0.0115. The molecule has 1 aliphatic rings. The van der Waals surface area contributed by atoms with Crippen LogP contribution in [0.2, 0.25) is 5.02 Å². The molecule has 0 spiro atoms. The van der Waals surface area contributed by atoms with Crippen LogP contribution in [-0.4, -0.2) is 39.8 Å². The first-order valence-electron chi connectivity index (χ1n) is 8.82. The maximum Gasteiger partial charge on any atom is 0.239 e. The Hall–Kier alpha value is -2.86. The molecule has 0 bridgehead atoms. The van der Waals surface area contributed by atoms with E-state index in [-0.39, 0.29) is 30.8 Å². The summed E-state index contributed by atoms with van der Waals surface area (Å²) >= 11 is 5.97. The molecule has 1 atom stereocenters. The zero-order chi connectivity index (χ0) is 18.8. The van der Waals surface area contributed by atoms with E-state index in [0.29, 0.717) is 23.8 Å². The molecule has 27 heavy (non-hydrogen) atoms. The standard InChI is InChI=1S/C20H19ClN4O2/c21-15-6-7-16-17(9-15)24-18(23-16)10-22-19(26)12-25-11-14(8-20(25)27)13-4-2-1-3-5-13/h1-7,9,14H,8,10-12H2,(H,22,26)(H,23,24)/t14-/m0/s1. The molecule has 0 saturated carbocycles. The highest BCUT2D eigenvalue weighted by Gasteiger charge is 2.31. The van der Waals surface area contributed by atoms with Crippen LogP contribution in [0.3, 0.4) is 0 Å². The van der Waals surface area contributed by atoms with Crippen molar-refractivity contribution in [1.82, 2.24) is 20.2 Å². The van der Waals surface area contributed by atoms with Crippen LogP contribution < -0.4 is 5.32 Å². The fraction of sp³-hybridized carbons (Fsp3) is 0.250. The molecule has 3 aromatic rings. The molecule has 2 aromatic carbocycles. The quantitative estimate of drug-likeness (QED) is 0.712. The van der Waals surface area contributed by atoms with Gasteiger partial charge < -0.3 is 15.2 Å². The van der Waals surface area contributed by atoms with Crippen molar-refractivity contribution in [2.24, 2.45) is 0 Å². The minimum Gasteiger partial charge on any atom is -0.347 e. The summed E-state index contributed by atoms with van der Waals surface area (Å²) in [6.07, 6.45) is 0.446. The molecule has 138 valence electrons. The van der Waals surface area contributed by atoms with E-state index in [1.165, 1.54) is 0 Å². The predicted octanol–water partition coefficient (Wildman–Crippen LogP) is 2.85. The van der Waals surface area contributed by atoms with E-state index in [9.17, 15) is 9.59 Å². The number of aromatic amines is 1. The van der Waals surface area contributed by atoms with Gasteiger partial charge in [-0.05, 0) is 23.8 Å². The summed E-state index contributed by atoms with van der Waals surface area (Å²) in [6.45, 7) is 0.906. The Morgan fingerprint density at radius 1 is 1.26 bits per heavy atom. The molecule has 0 aliphatic carbocycles. The van der Waals surface area contributed by atoms with Gasteiger partial charge in [-0.25, -0.2) is 4.98 Å². The van der Waals surface area contributed by atoms with Gasteiger partial charge in [0.15, 0.2) is 0 Å². The third-order valence-corrected chi connectivity index (χ3v) is 5.00. The predicted molar refractivity (Wildman–Crippen MR) is 103 cm³/mol. The lowest BCUT2D eigenvalue weighted by atomic mass is 9.99. The second kappa shape index (κ2) is 7.40. The molecule has 2 heterocycles. The van der Waals surface area contributed by atoms with Crippen LogP contribution in [0.4, 0.5) is 0 Å². The number of carbonyl (C=O) groups is 2. The number of imidazole rings is 1. The zero-order valence-electron chi connectivity index (χ0n) is 14.6. The smallest absolute Gasteiger partial charge is 0.239 e. The minimum atomic E-state index is -0.199. The Kier molecular flexibility index (Phi) is 4.81. The highest BCUT2D eigenvalue weighted by Crippen LogP contribution is 2.27. The lowest BCUT2D eigenvalue weighted by Gasteiger charge is -2.16. The van der Waals surface area contributed by atoms with Gasteiger partial charge in [0.2, 0.25) is 11.8 Å². The van der Waals surface area contributed by atoms with Crippen LogP contribution in [-0.2, 0) is 16.1 Å². The van der Waals surface area contributed by atoms with Crippen molar-refractivity contribution in [2.75, 3.05) is 13.1 Å². The number of rotatable bonds is 5. The van der Waals surface area contributed by atoms with Gasteiger partial charge in [-0.15, -0.1) is 0 Å². The molecule has 4 rings (SSSR count). The molecule has 1 aliphatic heterocycles. The number of nitrogens with zero attached hydrogens (tertiary/aromatic N) is 2. The molecule has 2 amide bonds. The van der Waals surface area contributed by atoms with Crippen LogP contribution >= 0.6 is 11.6 Å². The normalized spacial score (nSPS) is 16.9.